The van der Waals surface area contributed by atoms with Crippen molar-refractivity contribution in [3.8, 4) is 5.75 Å². The Bertz CT molecular complexity index is 604. The topological polar surface area (TPSA) is 9.23 Å². The van der Waals surface area contributed by atoms with E-state index in [9.17, 15) is 4.39 Å². The van der Waals surface area contributed by atoms with Gasteiger partial charge < -0.3 is 4.74 Å². The van der Waals surface area contributed by atoms with Crippen LogP contribution in [0.3, 0.4) is 0 Å². The second kappa shape index (κ2) is 6.25. The molecule has 0 aliphatic heterocycles. The second-order valence-corrected chi connectivity index (χ2v) is 6.13. The maximum atomic E-state index is 13.6. The monoisotopic (exact) mass is 406 g/mol. The molecule has 2 aromatic rings. The Morgan fingerprint density at radius 2 is 1.89 bits per heavy atom. The highest BCUT2D eigenvalue weighted by Gasteiger charge is 2.17. The number of benzene rings is 2. The van der Waals surface area contributed by atoms with Gasteiger partial charge in [-0.1, -0.05) is 22.0 Å². The van der Waals surface area contributed by atoms with Gasteiger partial charge in [-0.3, -0.25) is 0 Å². The maximum Gasteiger partial charge on any atom is 0.137 e. The molecule has 0 radical (unpaired) electrons. The highest BCUT2D eigenvalue weighted by atomic mass is 79.9. The van der Waals surface area contributed by atoms with E-state index in [2.05, 4.69) is 31.9 Å². The van der Waals surface area contributed by atoms with Crippen LogP contribution in [0.4, 0.5) is 4.39 Å². The SMILES string of the molecule is COc1ccc(Br)cc1C(Cl)c1ccc(Br)c(F)c1. The lowest BCUT2D eigenvalue weighted by atomic mass is 10.0. The summed E-state index contributed by atoms with van der Waals surface area (Å²) in [5.41, 5.74) is 1.47. The first-order chi connectivity index (χ1) is 9.02. The molecule has 1 atom stereocenters. The lowest BCUT2D eigenvalue weighted by molar-refractivity contribution is 0.410. The molecule has 1 unspecified atom stereocenters. The molecule has 100 valence electrons. The first-order valence-corrected chi connectivity index (χ1v) is 7.47. The van der Waals surface area contributed by atoms with Gasteiger partial charge in [-0.15, -0.1) is 11.6 Å². The predicted octanol–water partition coefficient (Wildman–Crippen LogP) is 5.69. The second-order valence-electron chi connectivity index (χ2n) is 3.92. The van der Waals surface area contributed by atoms with E-state index in [4.69, 9.17) is 16.3 Å². The van der Waals surface area contributed by atoms with Crippen LogP contribution < -0.4 is 4.74 Å². The van der Waals surface area contributed by atoms with Crippen LogP contribution in [0.2, 0.25) is 0 Å². The van der Waals surface area contributed by atoms with Crippen molar-refractivity contribution in [2.75, 3.05) is 7.11 Å². The number of rotatable bonds is 3. The molecule has 0 aliphatic carbocycles. The molecule has 0 spiro atoms. The van der Waals surface area contributed by atoms with Crippen LogP contribution in [0.15, 0.2) is 45.3 Å². The van der Waals surface area contributed by atoms with Gasteiger partial charge in [-0.05, 0) is 51.8 Å². The van der Waals surface area contributed by atoms with Gasteiger partial charge >= 0.3 is 0 Å². The Kier molecular flexibility index (Phi) is 4.87. The van der Waals surface area contributed by atoms with Crippen LogP contribution in [0, 0.1) is 5.82 Å². The fourth-order valence-electron chi connectivity index (χ4n) is 1.75. The summed E-state index contributed by atoms with van der Waals surface area (Å²) in [6, 6.07) is 10.4. The summed E-state index contributed by atoms with van der Waals surface area (Å²) >= 11 is 12.9. The molecule has 1 nitrogen and oxygen atoms in total. The normalized spacial score (nSPS) is 12.3. The molecular weight excluding hydrogens is 398 g/mol. The number of halogens is 4. The molecule has 2 aromatic carbocycles. The minimum Gasteiger partial charge on any atom is -0.496 e. The lowest BCUT2D eigenvalue weighted by Gasteiger charge is -2.15. The summed E-state index contributed by atoms with van der Waals surface area (Å²) in [4.78, 5) is 0. The Morgan fingerprint density at radius 3 is 2.53 bits per heavy atom. The molecule has 0 amide bonds. The fourth-order valence-corrected chi connectivity index (χ4v) is 2.68. The quantitative estimate of drug-likeness (QED) is 0.593. The van der Waals surface area contributed by atoms with Gasteiger partial charge in [0.15, 0.2) is 0 Å². The molecule has 0 fully saturated rings. The third-order valence-corrected chi connectivity index (χ3v) is 4.32. The molecule has 0 aliphatic rings. The molecule has 0 aromatic heterocycles. The highest BCUT2D eigenvalue weighted by Crippen LogP contribution is 2.37. The zero-order valence-electron chi connectivity index (χ0n) is 9.96. The van der Waals surface area contributed by atoms with Gasteiger partial charge in [0, 0.05) is 10.0 Å². The van der Waals surface area contributed by atoms with Gasteiger partial charge in [-0.2, -0.15) is 0 Å². The maximum absolute atomic E-state index is 13.6. The first-order valence-electron chi connectivity index (χ1n) is 5.45. The third-order valence-electron chi connectivity index (χ3n) is 2.70. The van der Waals surface area contributed by atoms with E-state index in [1.165, 1.54) is 6.07 Å². The van der Waals surface area contributed by atoms with Crippen molar-refractivity contribution in [2.45, 2.75) is 5.38 Å². The third kappa shape index (κ3) is 3.30. The summed E-state index contributed by atoms with van der Waals surface area (Å²) < 4.78 is 20.2. The smallest absolute Gasteiger partial charge is 0.137 e. The Hall–Kier alpha value is -0.580. The van der Waals surface area contributed by atoms with Crippen LogP contribution in [-0.4, -0.2) is 7.11 Å². The fraction of sp³-hybridized carbons (Fsp3) is 0.143. The number of hydrogen-bond donors (Lipinski definition) is 0. The molecule has 0 heterocycles. The van der Waals surface area contributed by atoms with Crippen molar-refractivity contribution in [1.29, 1.82) is 0 Å². The highest BCUT2D eigenvalue weighted by molar-refractivity contribution is 9.10. The standard InChI is InChI=1S/C14H10Br2ClFO/c1-19-13-5-3-9(15)7-10(13)14(17)8-2-4-11(16)12(18)6-8/h2-7,14H,1H3. The summed E-state index contributed by atoms with van der Waals surface area (Å²) in [6.07, 6.45) is 0. The van der Waals surface area contributed by atoms with Crippen molar-refractivity contribution in [2.24, 2.45) is 0 Å². The average Bonchev–Trinajstić information content (AvgIpc) is 2.41. The van der Waals surface area contributed by atoms with Gasteiger partial charge in [0.25, 0.3) is 0 Å². The van der Waals surface area contributed by atoms with Gasteiger partial charge in [0.1, 0.15) is 11.6 Å². The molecule has 0 saturated carbocycles. The van der Waals surface area contributed by atoms with Gasteiger partial charge in [-0.25, -0.2) is 4.39 Å². The Labute approximate surface area is 133 Å². The summed E-state index contributed by atoms with van der Waals surface area (Å²) in [5.74, 6) is 0.337. The van der Waals surface area contributed by atoms with Gasteiger partial charge in [0.05, 0.1) is 17.0 Å². The lowest BCUT2D eigenvalue weighted by Crippen LogP contribution is -1.98. The van der Waals surface area contributed by atoms with Crippen molar-refractivity contribution in [1.82, 2.24) is 0 Å². The van der Waals surface area contributed by atoms with Crippen molar-refractivity contribution < 1.29 is 9.13 Å². The van der Waals surface area contributed by atoms with Crippen LogP contribution in [-0.2, 0) is 0 Å². The minimum atomic E-state index is -0.477. The van der Waals surface area contributed by atoms with Crippen LogP contribution >= 0.6 is 43.5 Å². The molecular formula is C14H10Br2ClFO. The van der Waals surface area contributed by atoms with Crippen LogP contribution in [0.5, 0.6) is 5.75 Å². The number of methoxy groups -OCH3 is 1. The van der Waals surface area contributed by atoms with E-state index in [0.29, 0.717) is 15.8 Å². The van der Waals surface area contributed by atoms with E-state index in [0.717, 1.165) is 10.0 Å². The van der Waals surface area contributed by atoms with Gasteiger partial charge in [0.2, 0.25) is 0 Å². The van der Waals surface area contributed by atoms with Crippen LogP contribution in [0.1, 0.15) is 16.5 Å². The molecule has 5 heteroatoms. The Morgan fingerprint density at radius 1 is 1.16 bits per heavy atom. The van der Waals surface area contributed by atoms with Crippen molar-refractivity contribution in [3.63, 3.8) is 0 Å². The van der Waals surface area contributed by atoms with Crippen molar-refractivity contribution in [3.05, 3.63) is 62.3 Å². The van der Waals surface area contributed by atoms with Crippen LogP contribution in [0.25, 0.3) is 0 Å². The average molecular weight is 408 g/mol. The van der Waals surface area contributed by atoms with E-state index in [1.54, 1.807) is 19.2 Å². The van der Waals surface area contributed by atoms with E-state index in [-0.39, 0.29) is 5.82 Å². The number of alkyl halides is 1. The van der Waals surface area contributed by atoms with Crippen molar-refractivity contribution >= 4 is 43.5 Å². The Balaban J connectivity index is 2.45. The molecule has 0 N–H and O–H groups in total. The molecule has 0 bridgehead atoms. The minimum absolute atomic E-state index is 0.336. The summed E-state index contributed by atoms with van der Waals surface area (Å²) in [6.45, 7) is 0. The van der Waals surface area contributed by atoms with E-state index < -0.39 is 5.38 Å². The van der Waals surface area contributed by atoms with E-state index >= 15 is 0 Å². The number of ether oxygens (including phenoxy) is 1. The first kappa shape index (κ1) is 14.8. The molecule has 2 rings (SSSR count). The largest absolute Gasteiger partial charge is 0.496 e. The summed E-state index contributed by atoms with van der Waals surface area (Å²) in [7, 11) is 1.58. The predicted molar refractivity (Wildman–Crippen MR) is 82.5 cm³/mol. The molecule has 19 heavy (non-hydrogen) atoms. The van der Waals surface area contributed by atoms with E-state index in [1.807, 2.05) is 18.2 Å². The zero-order chi connectivity index (χ0) is 14.0. The molecule has 0 saturated heterocycles. The number of hydrogen-bond acceptors (Lipinski definition) is 1. The zero-order valence-corrected chi connectivity index (χ0v) is 13.9. The summed E-state index contributed by atoms with van der Waals surface area (Å²) in [5, 5.41) is -0.477.